The van der Waals surface area contributed by atoms with Crippen molar-refractivity contribution in [3.63, 3.8) is 0 Å². The van der Waals surface area contributed by atoms with E-state index in [4.69, 9.17) is 27.9 Å². The Morgan fingerprint density at radius 1 is 1.09 bits per heavy atom. The number of halogens is 2. The van der Waals surface area contributed by atoms with Gasteiger partial charge in [0.2, 0.25) is 5.91 Å². The third-order valence-electron chi connectivity index (χ3n) is 4.45. The van der Waals surface area contributed by atoms with E-state index in [0.717, 1.165) is 0 Å². The van der Waals surface area contributed by atoms with Crippen LogP contribution in [0.15, 0.2) is 47.6 Å². The van der Waals surface area contributed by atoms with Crippen molar-refractivity contribution in [2.75, 3.05) is 18.2 Å². The van der Waals surface area contributed by atoms with Gasteiger partial charge in [-0.3, -0.25) is 9.59 Å². The molecule has 0 aliphatic rings. The van der Waals surface area contributed by atoms with Gasteiger partial charge in [0, 0.05) is 12.6 Å². The van der Waals surface area contributed by atoms with Gasteiger partial charge in [0.1, 0.15) is 0 Å². The molecule has 0 aliphatic heterocycles. The molecular weight excluding hydrogens is 489 g/mol. The number of hydrogen-bond acceptors (Lipinski definition) is 7. The summed E-state index contributed by atoms with van der Waals surface area (Å²) in [7, 11) is 3.00. The van der Waals surface area contributed by atoms with Gasteiger partial charge in [-0.2, -0.15) is 0 Å². The highest BCUT2D eigenvalue weighted by Crippen LogP contribution is 2.23. The Labute approximate surface area is 203 Å². The van der Waals surface area contributed by atoms with Crippen LogP contribution in [0.4, 0.5) is 5.69 Å². The molecule has 0 unspecified atom stereocenters. The zero-order valence-electron chi connectivity index (χ0n) is 17.6. The fourth-order valence-electron chi connectivity index (χ4n) is 2.72. The highest BCUT2D eigenvalue weighted by atomic mass is 35.5. The van der Waals surface area contributed by atoms with Crippen LogP contribution in [-0.4, -0.2) is 45.4 Å². The maximum atomic E-state index is 12.4. The molecule has 3 aromatic rings. The summed E-state index contributed by atoms with van der Waals surface area (Å²) in [6, 6.07) is 11.2. The van der Waals surface area contributed by atoms with E-state index in [1.807, 2.05) is 0 Å². The van der Waals surface area contributed by atoms with Crippen molar-refractivity contribution < 1.29 is 19.1 Å². The van der Waals surface area contributed by atoms with Gasteiger partial charge < -0.3 is 19.9 Å². The van der Waals surface area contributed by atoms with Gasteiger partial charge in [0.15, 0.2) is 11.0 Å². The summed E-state index contributed by atoms with van der Waals surface area (Å²) in [4.78, 5) is 36.5. The Hall–Kier alpha value is -3.08. The number of anilines is 1. The van der Waals surface area contributed by atoms with Crippen LogP contribution in [-0.2, 0) is 23.1 Å². The van der Waals surface area contributed by atoms with Gasteiger partial charge in [0.05, 0.1) is 40.7 Å². The van der Waals surface area contributed by atoms with E-state index in [1.54, 1.807) is 48.0 Å². The molecule has 0 bridgehead atoms. The Morgan fingerprint density at radius 3 is 2.58 bits per heavy atom. The van der Waals surface area contributed by atoms with Crippen LogP contribution in [0.25, 0.3) is 0 Å². The molecule has 1 aromatic heterocycles. The number of para-hydroxylation sites is 1. The predicted octanol–water partition coefficient (Wildman–Crippen LogP) is 3.57. The first-order chi connectivity index (χ1) is 15.8. The molecule has 9 nitrogen and oxygen atoms in total. The van der Waals surface area contributed by atoms with Crippen molar-refractivity contribution in [3.8, 4) is 0 Å². The first kappa shape index (κ1) is 24.6. The quantitative estimate of drug-likeness (QED) is 0.353. The molecule has 12 heteroatoms. The van der Waals surface area contributed by atoms with Gasteiger partial charge in [-0.05, 0) is 30.3 Å². The van der Waals surface area contributed by atoms with Crippen LogP contribution < -0.4 is 10.6 Å². The van der Waals surface area contributed by atoms with E-state index in [-0.39, 0.29) is 34.7 Å². The van der Waals surface area contributed by atoms with Crippen molar-refractivity contribution >= 4 is 58.4 Å². The lowest BCUT2D eigenvalue weighted by Crippen LogP contribution is -2.24. The number of benzene rings is 2. The lowest BCUT2D eigenvalue weighted by Gasteiger charge is -2.09. The molecule has 0 saturated heterocycles. The van der Waals surface area contributed by atoms with Crippen LogP contribution in [0.3, 0.4) is 0 Å². The van der Waals surface area contributed by atoms with Crippen LogP contribution in [0.5, 0.6) is 0 Å². The molecule has 0 atom stereocenters. The summed E-state index contributed by atoms with van der Waals surface area (Å²) in [5.41, 5.74) is 0.987. The third kappa shape index (κ3) is 6.25. The zero-order valence-corrected chi connectivity index (χ0v) is 19.9. The van der Waals surface area contributed by atoms with E-state index >= 15 is 0 Å². The first-order valence-corrected chi connectivity index (χ1v) is 11.3. The number of amides is 2. The lowest BCUT2D eigenvalue weighted by atomic mass is 10.2. The highest BCUT2D eigenvalue weighted by molar-refractivity contribution is 7.99. The molecule has 2 aromatic carbocycles. The molecule has 1 heterocycles. The fourth-order valence-corrected chi connectivity index (χ4v) is 3.75. The van der Waals surface area contributed by atoms with Crippen molar-refractivity contribution in [1.29, 1.82) is 0 Å². The van der Waals surface area contributed by atoms with Crippen molar-refractivity contribution in [1.82, 2.24) is 20.1 Å². The molecule has 33 heavy (non-hydrogen) atoms. The largest absolute Gasteiger partial charge is 0.465 e. The number of thioether (sulfide) groups is 1. The summed E-state index contributed by atoms with van der Waals surface area (Å²) in [5, 5.41) is 14.7. The summed E-state index contributed by atoms with van der Waals surface area (Å²) in [6.45, 7) is 0.127. The molecule has 2 amide bonds. The predicted molar refractivity (Wildman–Crippen MR) is 126 cm³/mol. The fraction of sp³-hybridized carbons (Fsp3) is 0.190. The number of ether oxygens (including phenoxy) is 1. The number of carbonyl (C=O) groups excluding carboxylic acids is 3. The van der Waals surface area contributed by atoms with Gasteiger partial charge in [-0.1, -0.05) is 47.1 Å². The first-order valence-electron chi connectivity index (χ1n) is 9.51. The molecule has 0 radical (unpaired) electrons. The monoisotopic (exact) mass is 507 g/mol. The Morgan fingerprint density at radius 2 is 1.85 bits per heavy atom. The van der Waals surface area contributed by atoms with Crippen molar-refractivity contribution in [2.45, 2.75) is 11.7 Å². The molecule has 3 rings (SSSR count). The van der Waals surface area contributed by atoms with Crippen LogP contribution >= 0.6 is 35.0 Å². The molecule has 0 fully saturated rings. The standard InChI is InChI=1S/C21H19Cl2N5O4S/c1-28-17(10-24-19(30)12-7-8-14(22)15(23)9-12)26-27-21(28)33-11-18(29)25-16-6-4-3-5-13(16)20(31)32-2/h3-9H,10-11H2,1-2H3,(H,24,30)(H,25,29). The SMILES string of the molecule is COC(=O)c1ccccc1NC(=O)CSc1nnc(CNC(=O)c2ccc(Cl)c(Cl)c2)n1C. The number of rotatable bonds is 8. The topological polar surface area (TPSA) is 115 Å². The summed E-state index contributed by atoms with van der Waals surface area (Å²) in [6.07, 6.45) is 0. The second-order valence-electron chi connectivity index (χ2n) is 6.64. The minimum atomic E-state index is -0.542. The van der Waals surface area contributed by atoms with Gasteiger partial charge in [0.25, 0.3) is 5.91 Å². The average Bonchev–Trinajstić information content (AvgIpc) is 3.17. The number of carbonyl (C=O) groups is 3. The number of nitrogens with one attached hydrogen (secondary N) is 2. The second kappa shape index (κ2) is 11.2. The number of aromatic nitrogens is 3. The molecule has 2 N–H and O–H groups in total. The number of methoxy groups -OCH3 is 1. The van der Waals surface area contributed by atoms with Crippen molar-refractivity contribution in [3.05, 3.63) is 69.5 Å². The van der Waals surface area contributed by atoms with E-state index in [9.17, 15) is 14.4 Å². The minimum absolute atomic E-state index is 0.0388. The van der Waals surface area contributed by atoms with E-state index in [1.165, 1.54) is 24.9 Å². The molecule has 172 valence electrons. The van der Waals surface area contributed by atoms with Crippen molar-refractivity contribution in [2.24, 2.45) is 7.05 Å². The Kier molecular flexibility index (Phi) is 8.32. The van der Waals surface area contributed by atoms with Crippen LogP contribution in [0, 0.1) is 0 Å². The third-order valence-corrected chi connectivity index (χ3v) is 6.21. The Bertz CT molecular complexity index is 1200. The smallest absolute Gasteiger partial charge is 0.339 e. The summed E-state index contributed by atoms with van der Waals surface area (Å²) >= 11 is 13.0. The normalized spacial score (nSPS) is 10.5. The molecule has 0 aliphatic carbocycles. The molecule has 0 spiro atoms. The van der Waals surface area contributed by atoms with E-state index in [2.05, 4.69) is 20.8 Å². The summed E-state index contributed by atoms with van der Waals surface area (Å²) in [5.74, 6) is -0.665. The molecular formula is C21H19Cl2N5O4S. The minimum Gasteiger partial charge on any atom is -0.465 e. The van der Waals surface area contributed by atoms with Gasteiger partial charge in [-0.15, -0.1) is 10.2 Å². The van der Waals surface area contributed by atoms with E-state index in [0.29, 0.717) is 27.3 Å². The number of esters is 1. The van der Waals surface area contributed by atoms with E-state index < -0.39 is 5.97 Å². The maximum absolute atomic E-state index is 12.4. The second-order valence-corrected chi connectivity index (χ2v) is 8.40. The summed E-state index contributed by atoms with van der Waals surface area (Å²) < 4.78 is 6.40. The lowest BCUT2D eigenvalue weighted by molar-refractivity contribution is -0.113. The Balaban J connectivity index is 1.56. The average molecular weight is 508 g/mol. The van der Waals surface area contributed by atoms with Gasteiger partial charge in [-0.25, -0.2) is 4.79 Å². The number of nitrogens with zero attached hydrogens (tertiary/aromatic N) is 3. The highest BCUT2D eigenvalue weighted by Gasteiger charge is 2.16. The number of hydrogen-bond donors (Lipinski definition) is 2. The van der Waals surface area contributed by atoms with Crippen LogP contribution in [0.2, 0.25) is 10.0 Å². The van der Waals surface area contributed by atoms with Gasteiger partial charge >= 0.3 is 5.97 Å². The zero-order chi connectivity index (χ0) is 24.0. The molecule has 0 saturated carbocycles. The maximum Gasteiger partial charge on any atom is 0.339 e. The van der Waals surface area contributed by atoms with Crippen LogP contribution in [0.1, 0.15) is 26.5 Å².